The lowest BCUT2D eigenvalue weighted by molar-refractivity contribution is 0.103. The van der Waals surface area contributed by atoms with Crippen LogP contribution in [0.4, 0.5) is 8.78 Å². The van der Waals surface area contributed by atoms with Crippen LogP contribution >= 0.6 is 0 Å². The van der Waals surface area contributed by atoms with Gasteiger partial charge in [0.15, 0.2) is 5.78 Å². The lowest BCUT2D eigenvalue weighted by Gasteiger charge is -2.08. The predicted octanol–water partition coefficient (Wildman–Crippen LogP) is 3.11. The fraction of sp³-hybridized carbons (Fsp3) is 0.188. The Bertz CT molecular complexity index is 710. The first-order valence-corrected chi connectivity index (χ1v) is 6.40. The number of carbonyl (C=O) groups is 1. The molecule has 102 valence electrons. The zero-order chi connectivity index (χ0) is 14.3. The van der Waals surface area contributed by atoms with E-state index in [1.54, 1.807) is 12.1 Å². The summed E-state index contributed by atoms with van der Waals surface area (Å²) in [6.07, 6.45) is 0. The molecule has 20 heavy (non-hydrogen) atoms. The van der Waals surface area contributed by atoms with E-state index in [9.17, 15) is 13.6 Å². The maximum absolute atomic E-state index is 14.0. The number of nitrogens with one attached hydrogen (secondary N) is 1. The van der Waals surface area contributed by atoms with Gasteiger partial charge in [-0.15, -0.1) is 0 Å². The van der Waals surface area contributed by atoms with E-state index < -0.39 is 23.0 Å². The first kappa shape index (κ1) is 12.9. The zero-order valence-corrected chi connectivity index (χ0v) is 11.0. The molecular formula is C16H13F2NO. The first-order chi connectivity index (χ1) is 9.58. The molecule has 0 radical (unpaired) electrons. The van der Waals surface area contributed by atoms with E-state index in [1.807, 2.05) is 6.07 Å². The smallest absolute Gasteiger partial charge is 0.198 e. The normalized spacial score (nSPS) is 13.3. The van der Waals surface area contributed by atoms with Crippen molar-refractivity contribution in [2.75, 3.05) is 0 Å². The minimum Gasteiger partial charge on any atom is -0.309 e. The van der Waals surface area contributed by atoms with Gasteiger partial charge in [-0.3, -0.25) is 4.79 Å². The Morgan fingerprint density at radius 1 is 1.10 bits per heavy atom. The van der Waals surface area contributed by atoms with E-state index in [4.69, 9.17) is 0 Å². The number of benzene rings is 2. The molecule has 2 nitrogen and oxygen atoms in total. The Morgan fingerprint density at radius 3 is 2.65 bits per heavy atom. The topological polar surface area (TPSA) is 29.1 Å². The summed E-state index contributed by atoms with van der Waals surface area (Å²) in [4.78, 5) is 12.3. The van der Waals surface area contributed by atoms with Gasteiger partial charge < -0.3 is 5.32 Å². The quantitative estimate of drug-likeness (QED) is 0.852. The van der Waals surface area contributed by atoms with E-state index in [-0.39, 0.29) is 5.56 Å². The largest absolute Gasteiger partial charge is 0.309 e. The molecule has 0 spiro atoms. The van der Waals surface area contributed by atoms with Gasteiger partial charge >= 0.3 is 0 Å². The maximum atomic E-state index is 14.0. The van der Waals surface area contributed by atoms with Crippen LogP contribution in [0.5, 0.6) is 0 Å². The maximum Gasteiger partial charge on any atom is 0.198 e. The highest BCUT2D eigenvalue weighted by Gasteiger charge is 2.22. The van der Waals surface area contributed by atoms with Crippen molar-refractivity contribution in [1.29, 1.82) is 0 Å². The lowest BCUT2D eigenvalue weighted by atomic mass is 9.97. The third kappa shape index (κ3) is 2.02. The van der Waals surface area contributed by atoms with Crippen LogP contribution in [0.2, 0.25) is 0 Å². The second-order valence-electron chi connectivity index (χ2n) is 4.97. The molecule has 1 aliphatic heterocycles. The summed E-state index contributed by atoms with van der Waals surface area (Å²) in [7, 11) is 0. The molecule has 0 aliphatic carbocycles. The van der Waals surface area contributed by atoms with E-state index in [1.165, 1.54) is 13.0 Å². The van der Waals surface area contributed by atoms with Crippen molar-refractivity contribution in [3.05, 3.63) is 69.8 Å². The molecule has 1 aliphatic rings. The summed E-state index contributed by atoms with van der Waals surface area (Å²) in [6, 6.07) is 7.61. The highest BCUT2D eigenvalue weighted by atomic mass is 19.1. The number of aryl methyl sites for hydroxylation is 1. The Labute approximate surface area is 115 Å². The Hall–Kier alpha value is -2.07. The summed E-state index contributed by atoms with van der Waals surface area (Å²) < 4.78 is 27.8. The molecule has 4 heteroatoms. The minimum atomic E-state index is -0.822. The number of halogens is 2. The number of hydrogen-bond donors (Lipinski definition) is 1. The third-order valence-electron chi connectivity index (χ3n) is 3.61. The van der Waals surface area contributed by atoms with Gasteiger partial charge in [-0.05, 0) is 35.7 Å². The second kappa shape index (κ2) is 4.80. The van der Waals surface area contributed by atoms with Crippen LogP contribution < -0.4 is 5.32 Å². The van der Waals surface area contributed by atoms with Crippen molar-refractivity contribution in [2.45, 2.75) is 20.0 Å². The second-order valence-corrected chi connectivity index (χ2v) is 4.97. The first-order valence-electron chi connectivity index (χ1n) is 6.40. The highest BCUT2D eigenvalue weighted by molar-refractivity contribution is 6.09. The van der Waals surface area contributed by atoms with Crippen LogP contribution in [0.3, 0.4) is 0 Å². The molecule has 0 fully saturated rings. The Kier molecular flexibility index (Phi) is 3.10. The zero-order valence-electron chi connectivity index (χ0n) is 11.0. The molecular weight excluding hydrogens is 260 g/mol. The molecule has 1 heterocycles. The van der Waals surface area contributed by atoms with Gasteiger partial charge in [0.25, 0.3) is 0 Å². The van der Waals surface area contributed by atoms with E-state index >= 15 is 0 Å². The SMILES string of the molecule is Cc1ccc(F)c(C(=O)c2ccc3c(c2)CNC3)c1F. The van der Waals surface area contributed by atoms with Crippen LogP contribution in [0.25, 0.3) is 0 Å². The average Bonchev–Trinajstić information content (AvgIpc) is 2.90. The van der Waals surface area contributed by atoms with Crippen molar-refractivity contribution in [2.24, 2.45) is 0 Å². The Balaban J connectivity index is 2.07. The number of ketones is 1. The third-order valence-corrected chi connectivity index (χ3v) is 3.61. The van der Waals surface area contributed by atoms with Gasteiger partial charge in [-0.25, -0.2) is 8.78 Å². The van der Waals surface area contributed by atoms with Crippen LogP contribution in [0, 0.1) is 18.6 Å². The van der Waals surface area contributed by atoms with Crippen molar-refractivity contribution < 1.29 is 13.6 Å². The summed E-state index contributed by atoms with van der Waals surface area (Å²) >= 11 is 0. The van der Waals surface area contributed by atoms with Gasteiger partial charge in [-0.2, -0.15) is 0 Å². The van der Waals surface area contributed by atoms with Crippen LogP contribution in [-0.2, 0) is 13.1 Å². The van der Waals surface area contributed by atoms with Crippen molar-refractivity contribution >= 4 is 5.78 Å². The number of rotatable bonds is 2. The number of carbonyl (C=O) groups excluding carboxylic acids is 1. The molecule has 0 amide bonds. The average molecular weight is 273 g/mol. The summed E-state index contributed by atoms with van der Waals surface area (Å²) in [6.45, 7) is 2.95. The van der Waals surface area contributed by atoms with Crippen LogP contribution in [0.1, 0.15) is 32.6 Å². The molecule has 2 aromatic rings. The van der Waals surface area contributed by atoms with Crippen LogP contribution in [0.15, 0.2) is 30.3 Å². The van der Waals surface area contributed by atoms with Crippen molar-refractivity contribution in [3.8, 4) is 0 Å². The molecule has 1 N–H and O–H groups in total. The van der Waals surface area contributed by atoms with Crippen molar-refractivity contribution in [1.82, 2.24) is 5.32 Å². The minimum absolute atomic E-state index is 0.262. The fourth-order valence-electron chi connectivity index (χ4n) is 2.45. The predicted molar refractivity (Wildman–Crippen MR) is 71.5 cm³/mol. The van der Waals surface area contributed by atoms with E-state index in [0.717, 1.165) is 23.7 Å². The molecule has 0 aromatic heterocycles. The van der Waals surface area contributed by atoms with Gasteiger partial charge in [0.05, 0.1) is 5.56 Å². The molecule has 2 aromatic carbocycles. The standard InChI is InChI=1S/C16H13F2NO/c1-9-2-5-13(17)14(15(9)18)16(20)10-3-4-11-7-19-8-12(11)6-10/h2-6,19H,7-8H2,1H3. The monoisotopic (exact) mass is 273 g/mol. The molecule has 0 bridgehead atoms. The fourth-order valence-corrected chi connectivity index (χ4v) is 2.45. The van der Waals surface area contributed by atoms with Gasteiger partial charge in [-0.1, -0.05) is 18.2 Å². The highest BCUT2D eigenvalue weighted by Crippen LogP contribution is 2.23. The summed E-state index contributed by atoms with van der Waals surface area (Å²) in [5.41, 5.74) is 2.22. The molecule has 0 atom stereocenters. The van der Waals surface area contributed by atoms with Crippen LogP contribution in [-0.4, -0.2) is 5.78 Å². The van der Waals surface area contributed by atoms with Gasteiger partial charge in [0.2, 0.25) is 0 Å². The molecule has 0 unspecified atom stereocenters. The number of fused-ring (bicyclic) bond motifs is 1. The molecule has 0 saturated carbocycles. The van der Waals surface area contributed by atoms with Crippen molar-refractivity contribution in [3.63, 3.8) is 0 Å². The van der Waals surface area contributed by atoms with E-state index in [2.05, 4.69) is 5.32 Å². The summed E-state index contributed by atoms with van der Waals surface area (Å²) in [5, 5.41) is 3.17. The molecule has 0 saturated heterocycles. The lowest BCUT2D eigenvalue weighted by Crippen LogP contribution is -2.09. The number of hydrogen-bond acceptors (Lipinski definition) is 2. The van der Waals surface area contributed by atoms with Gasteiger partial charge in [0.1, 0.15) is 11.6 Å². The van der Waals surface area contributed by atoms with Gasteiger partial charge in [0, 0.05) is 18.7 Å². The summed E-state index contributed by atoms with van der Waals surface area (Å²) in [5.74, 6) is -2.22. The Morgan fingerprint density at radius 2 is 1.85 bits per heavy atom. The molecule has 3 rings (SSSR count). The van der Waals surface area contributed by atoms with E-state index in [0.29, 0.717) is 12.1 Å².